The van der Waals surface area contributed by atoms with E-state index in [1.807, 2.05) is 0 Å². The molecule has 9 heteroatoms. The minimum Gasteiger partial charge on any atom is -0.481 e. The Hall–Kier alpha value is -2.81. The fourth-order valence-electron chi connectivity index (χ4n) is 1.85. The summed E-state index contributed by atoms with van der Waals surface area (Å²) in [7, 11) is -3.88. The van der Waals surface area contributed by atoms with E-state index >= 15 is 0 Å². The molecule has 0 unspecified atom stereocenters. The van der Waals surface area contributed by atoms with Crippen molar-refractivity contribution in [1.29, 1.82) is 0 Å². The van der Waals surface area contributed by atoms with Crippen LogP contribution < -0.4 is 0 Å². The second-order valence-electron chi connectivity index (χ2n) is 4.65. The standard InChI is InChI=1S/C14H12N2O6S/c17-14(18)8-3-10-1-5-12(6-2-10)23(21,22)13-7-4-11(9-15-13)16(19)20/h1-2,4-7,9H,3,8H2,(H,17,18). The summed E-state index contributed by atoms with van der Waals surface area (Å²) in [5, 5.41) is 18.9. The van der Waals surface area contributed by atoms with E-state index in [-0.39, 0.29) is 22.0 Å². The van der Waals surface area contributed by atoms with E-state index in [0.29, 0.717) is 12.0 Å². The molecule has 0 aliphatic heterocycles. The Balaban J connectivity index is 2.25. The third-order valence-electron chi connectivity index (χ3n) is 3.07. The molecule has 23 heavy (non-hydrogen) atoms. The van der Waals surface area contributed by atoms with E-state index in [9.17, 15) is 23.3 Å². The molecule has 0 aliphatic rings. The number of pyridine rings is 1. The van der Waals surface area contributed by atoms with Crippen LogP contribution in [0.25, 0.3) is 0 Å². The largest absolute Gasteiger partial charge is 0.481 e. The van der Waals surface area contributed by atoms with E-state index in [1.54, 1.807) is 0 Å². The van der Waals surface area contributed by atoms with Crippen LogP contribution in [0.3, 0.4) is 0 Å². The van der Waals surface area contributed by atoms with Crippen LogP contribution >= 0.6 is 0 Å². The van der Waals surface area contributed by atoms with Gasteiger partial charge in [-0.3, -0.25) is 14.9 Å². The molecular weight excluding hydrogens is 324 g/mol. The van der Waals surface area contributed by atoms with Gasteiger partial charge in [-0.25, -0.2) is 13.4 Å². The average Bonchev–Trinajstić information content (AvgIpc) is 2.53. The van der Waals surface area contributed by atoms with Crippen molar-refractivity contribution in [2.24, 2.45) is 0 Å². The van der Waals surface area contributed by atoms with Crippen molar-refractivity contribution < 1.29 is 23.2 Å². The van der Waals surface area contributed by atoms with E-state index in [1.165, 1.54) is 24.3 Å². The van der Waals surface area contributed by atoms with Gasteiger partial charge in [0.05, 0.1) is 9.82 Å². The molecule has 0 amide bonds. The lowest BCUT2D eigenvalue weighted by atomic mass is 10.1. The number of aromatic nitrogens is 1. The van der Waals surface area contributed by atoms with Crippen LogP contribution in [0.2, 0.25) is 0 Å². The maximum atomic E-state index is 12.4. The summed E-state index contributed by atoms with van der Waals surface area (Å²) in [4.78, 5) is 24.0. The highest BCUT2D eigenvalue weighted by atomic mass is 32.2. The van der Waals surface area contributed by atoms with Crippen LogP contribution in [0, 0.1) is 10.1 Å². The highest BCUT2D eigenvalue weighted by Crippen LogP contribution is 2.21. The first-order chi connectivity index (χ1) is 10.8. The second-order valence-corrected chi connectivity index (χ2v) is 6.55. The number of nitrogens with zero attached hydrogens (tertiary/aromatic N) is 2. The molecule has 0 fully saturated rings. The fraction of sp³-hybridized carbons (Fsp3) is 0.143. The van der Waals surface area contributed by atoms with Gasteiger partial charge in [0, 0.05) is 12.5 Å². The van der Waals surface area contributed by atoms with Crippen LogP contribution in [-0.2, 0) is 21.1 Å². The lowest BCUT2D eigenvalue weighted by molar-refractivity contribution is -0.385. The molecular formula is C14H12N2O6S. The maximum Gasteiger partial charge on any atom is 0.303 e. The van der Waals surface area contributed by atoms with E-state index in [0.717, 1.165) is 18.3 Å². The number of carboxylic acid groups (broad SMARTS) is 1. The minimum atomic E-state index is -3.88. The summed E-state index contributed by atoms with van der Waals surface area (Å²) in [6.45, 7) is 0. The normalized spacial score (nSPS) is 11.1. The molecule has 1 aromatic heterocycles. The molecule has 1 aromatic carbocycles. The summed E-state index contributed by atoms with van der Waals surface area (Å²) in [6.07, 6.45) is 1.13. The second kappa shape index (κ2) is 6.53. The smallest absolute Gasteiger partial charge is 0.303 e. The van der Waals surface area contributed by atoms with Gasteiger partial charge < -0.3 is 5.11 Å². The summed E-state index contributed by atoms with van der Waals surface area (Å²) in [6, 6.07) is 7.92. The number of sulfone groups is 1. The minimum absolute atomic E-state index is 0.0158. The number of aryl methyl sites for hydroxylation is 1. The molecule has 1 heterocycles. The molecule has 120 valence electrons. The van der Waals surface area contributed by atoms with Crippen LogP contribution in [0.15, 0.2) is 52.5 Å². The Morgan fingerprint density at radius 3 is 2.30 bits per heavy atom. The zero-order chi connectivity index (χ0) is 17.0. The number of hydrogen-bond acceptors (Lipinski definition) is 6. The molecule has 0 aliphatic carbocycles. The Kier molecular flexibility index (Phi) is 4.70. The molecule has 0 saturated heterocycles. The van der Waals surface area contributed by atoms with Crippen molar-refractivity contribution >= 4 is 21.5 Å². The molecule has 2 rings (SSSR count). The number of rotatable bonds is 6. The number of nitro groups is 1. The average molecular weight is 336 g/mol. The van der Waals surface area contributed by atoms with Gasteiger partial charge in [0.2, 0.25) is 9.84 Å². The zero-order valence-electron chi connectivity index (χ0n) is 11.7. The van der Waals surface area contributed by atoms with Crippen molar-refractivity contribution in [3.63, 3.8) is 0 Å². The molecule has 8 nitrogen and oxygen atoms in total. The van der Waals surface area contributed by atoms with Crippen molar-refractivity contribution in [2.45, 2.75) is 22.8 Å². The maximum absolute atomic E-state index is 12.4. The number of carbonyl (C=O) groups is 1. The molecule has 0 saturated carbocycles. The van der Waals surface area contributed by atoms with E-state index in [2.05, 4.69) is 4.98 Å². The molecule has 0 radical (unpaired) electrons. The predicted octanol–water partition coefficient (Wildman–Crippen LogP) is 1.84. The lowest BCUT2D eigenvalue weighted by Gasteiger charge is -2.05. The number of carboxylic acids is 1. The number of aliphatic carboxylic acids is 1. The lowest BCUT2D eigenvalue weighted by Crippen LogP contribution is -2.05. The topological polar surface area (TPSA) is 127 Å². The van der Waals surface area contributed by atoms with Crippen LogP contribution in [-0.4, -0.2) is 29.4 Å². The van der Waals surface area contributed by atoms with Crippen LogP contribution in [0.4, 0.5) is 5.69 Å². The highest BCUT2D eigenvalue weighted by Gasteiger charge is 2.20. The van der Waals surface area contributed by atoms with Crippen LogP contribution in [0.1, 0.15) is 12.0 Å². The quantitative estimate of drug-likeness (QED) is 0.629. The Labute approximate surface area is 131 Å². The van der Waals surface area contributed by atoms with Crippen LogP contribution in [0.5, 0.6) is 0 Å². The summed E-state index contributed by atoms with van der Waals surface area (Å²) in [5.74, 6) is -0.934. The van der Waals surface area contributed by atoms with E-state index < -0.39 is 20.7 Å². The van der Waals surface area contributed by atoms with Crippen molar-refractivity contribution in [3.05, 3.63) is 58.3 Å². The summed E-state index contributed by atoms with van der Waals surface area (Å²) >= 11 is 0. The molecule has 2 aromatic rings. The van der Waals surface area contributed by atoms with Crippen molar-refractivity contribution in [3.8, 4) is 0 Å². The SMILES string of the molecule is O=C(O)CCc1ccc(S(=O)(=O)c2ccc([N+](=O)[O-])cn2)cc1. The van der Waals surface area contributed by atoms with Gasteiger partial charge in [0.15, 0.2) is 5.03 Å². The fourth-order valence-corrected chi connectivity index (χ4v) is 3.02. The zero-order valence-corrected chi connectivity index (χ0v) is 12.6. The van der Waals surface area contributed by atoms with Gasteiger partial charge in [-0.1, -0.05) is 12.1 Å². The summed E-state index contributed by atoms with van der Waals surface area (Å²) in [5.41, 5.74) is 0.399. The van der Waals surface area contributed by atoms with Gasteiger partial charge >= 0.3 is 5.97 Å². The Morgan fingerprint density at radius 1 is 1.17 bits per heavy atom. The first kappa shape index (κ1) is 16.6. The number of hydrogen-bond donors (Lipinski definition) is 1. The first-order valence-electron chi connectivity index (χ1n) is 6.47. The van der Waals surface area contributed by atoms with Gasteiger partial charge in [-0.2, -0.15) is 0 Å². The Morgan fingerprint density at radius 2 is 1.83 bits per heavy atom. The first-order valence-corrected chi connectivity index (χ1v) is 7.95. The Bertz CT molecular complexity index is 829. The monoisotopic (exact) mass is 336 g/mol. The van der Waals surface area contributed by atoms with Gasteiger partial charge in [-0.05, 0) is 30.2 Å². The van der Waals surface area contributed by atoms with Gasteiger partial charge in [0.1, 0.15) is 6.20 Å². The van der Waals surface area contributed by atoms with Crippen molar-refractivity contribution in [2.75, 3.05) is 0 Å². The van der Waals surface area contributed by atoms with Gasteiger partial charge in [-0.15, -0.1) is 0 Å². The van der Waals surface area contributed by atoms with E-state index in [4.69, 9.17) is 5.11 Å². The summed E-state index contributed by atoms with van der Waals surface area (Å²) < 4.78 is 24.7. The third-order valence-corrected chi connectivity index (χ3v) is 4.75. The molecule has 0 spiro atoms. The molecule has 0 bridgehead atoms. The third kappa shape index (κ3) is 3.89. The molecule has 0 atom stereocenters. The highest BCUT2D eigenvalue weighted by molar-refractivity contribution is 7.91. The predicted molar refractivity (Wildman–Crippen MR) is 78.7 cm³/mol. The molecule has 1 N–H and O–H groups in total. The van der Waals surface area contributed by atoms with Gasteiger partial charge in [0.25, 0.3) is 5.69 Å². The van der Waals surface area contributed by atoms with Crippen molar-refractivity contribution in [1.82, 2.24) is 4.98 Å². The number of benzene rings is 1.